The average Bonchev–Trinajstić information content (AvgIpc) is 2.70. The van der Waals surface area contributed by atoms with Crippen LogP contribution < -0.4 is 10.2 Å². The van der Waals surface area contributed by atoms with Crippen molar-refractivity contribution in [3.05, 3.63) is 65.5 Å². The summed E-state index contributed by atoms with van der Waals surface area (Å²) in [5, 5.41) is 2.78. The summed E-state index contributed by atoms with van der Waals surface area (Å²) in [5.74, 6) is 0.0522. The van der Waals surface area contributed by atoms with Crippen LogP contribution in [0.5, 0.6) is 0 Å². The van der Waals surface area contributed by atoms with E-state index in [1.807, 2.05) is 29.2 Å². The van der Waals surface area contributed by atoms with Crippen LogP contribution >= 0.6 is 0 Å². The maximum absolute atomic E-state index is 12.9. The van der Waals surface area contributed by atoms with Gasteiger partial charge in [0.15, 0.2) is 6.54 Å². The first-order valence-electron chi connectivity index (χ1n) is 9.70. The van der Waals surface area contributed by atoms with Gasteiger partial charge in [-0.1, -0.05) is 26.0 Å². The van der Waals surface area contributed by atoms with Gasteiger partial charge in [0.05, 0.1) is 26.2 Å². The van der Waals surface area contributed by atoms with Gasteiger partial charge in [-0.15, -0.1) is 0 Å². The Bertz CT molecular complexity index is 811. The number of halogens is 1. The van der Waals surface area contributed by atoms with Crippen molar-refractivity contribution >= 4 is 17.5 Å². The first kappa shape index (κ1) is 20.0. The summed E-state index contributed by atoms with van der Waals surface area (Å²) < 4.78 is 12.9. The Hall–Kier alpha value is -2.73. The van der Waals surface area contributed by atoms with Crippen molar-refractivity contribution in [2.45, 2.75) is 19.8 Å². The fraction of sp³-hybridized carbons (Fsp3) is 0.364. The molecule has 0 aliphatic carbocycles. The molecule has 0 unspecified atom stereocenters. The third-order valence-corrected chi connectivity index (χ3v) is 5.12. The molecule has 0 saturated carbocycles. The lowest BCUT2D eigenvalue weighted by atomic mass is 10.0. The lowest BCUT2D eigenvalue weighted by Gasteiger charge is -2.32. The van der Waals surface area contributed by atoms with Gasteiger partial charge in [0.2, 0.25) is 0 Å². The Balaban J connectivity index is 1.47. The maximum Gasteiger partial charge on any atom is 0.279 e. The topological polar surface area (TPSA) is 53.9 Å². The quantitative estimate of drug-likeness (QED) is 0.828. The fourth-order valence-electron chi connectivity index (χ4n) is 3.36. The van der Waals surface area contributed by atoms with Gasteiger partial charge >= 0.3 is 0 Å². The second kappa shape index (κ2) is 8.97. The summed E-state index contributed by atoms with van der Waals surface area (Å²) in [6.45, 7) is 7.31. The number of rotatable bonds is 5. The van der Waals surface area contributed by atoms with Gasteiger partial charge in [-0.25, -0.2) is 4.39 Å². The van der Waals surface area contributed by atoms with Crippen molar-refractivity contribution in [1.29, 1.82) is 0 Å². The second-order valence-electron chi connectivity index (χ2n) is 7.55. The van der Waals surface area contributed by atoms with Crippen molar-refractivity contribution in [2.75, 3.05) is 38.0 Å². The molecule has 2 aromatic carbocycles. The van der Waals surface area contributed by atoms with E-state index in [1.165, 1.54) is 17.7 Å². The molecular formula is C22H27FN3O2+. The molecule has 0 atom stereocenters. The molecule has 0 radical (unpaired) electrons. The molecule has 1 fully saturated rings. The van der Waals surface area contributed by atoms with Crippen molar-refractivity contribution in [2.24, 2.45) is 0 Å². The third-order valence-electron chi connectivity index (χ3n) is 5.12. The number of carbonyl (C=O) groups is 2. The Morgan fingerprint density at radius 3 is 2.21 bits per heavy atom. The number of amides is 2. The minimum atomic E-state index is -0.330. The highest BCUT2D eigenvalue weighted by molar-refractivity contribution is 5.94. The van der Waals surface area contributed by atoms with Gasteiger partial charge in [0.25, 0.3) is 11.8 Å². The molecule has 1 aliphatic heterocycles. The summed E-state index contributed by atoms with van der Waals surface area (Å²) in [6, 6.07) is 13.5. The number of quaternary nitrogens is 1. The molecule has 2 aromatic rings. The number of carbonyl (C=O) groups excluding carboxylic acids is 2. The van der Waals surface area contributed by atoms with Crippen LogP contribution in [0.3, 0.4) is 0 Å². The van der Waals surface area contributed by atoms with Crippen LogP contribution in [0.15, 0.2) is 48.5 Å². The molecule has 6 heteroatoms. The molecule has 148 valence electrons. The van der Waals surface area contributed by atoms with Crippen molar-refractivity contribution in [3.8, 4) is 0 Å². The molecule has 0 bridgehead atoms. The highest BCUT2D eigenvalue weighted by Crippen LogP contribution is 2.15. The summed E-state index contributed by atoms with van der Waals surface area (Å²) in [4.78, 5) is 27.9. The van der Waals surface area contributed by atoms with Crippen molar-refractivity contribution in [3.63, 3.8) is 0 Å². The summed E-state index contributed by atoms with van der Waals surface area (Å²) in [5.41, 5.74) is 2.52. The van der Waals surface area contributed by atoms with Gasteiger partial charge in [-0.3, -0.25) is 9.59 Å². The highest BCUT2D eigenvalue weighted by Gasteiger charge is 2.26. The predicted octanol–water partition coefficient (Wildman–Crippen LogP) is 1.93. The van der Waals surface area contributed by atoms with Gasteiger partial charge in [0.1, 0.15) is 5.82 Å². The van der Waals surface area contributed by atoms with E-state index in [-0.39, 0.29) is 17.6 Å². The van der Waals surface area contributed by atoms with E-state index in [0.29, 0.717) is 36.8 Å². The lowest BCUT2D eigenvalue weighted by molar-refractivity contribution is -0.895. The van der Waals surface area contributed by atoms with Crippen LogP contribution in [0.1, 0.15) is 35.7 Å². The molecule has 3 rings (SSSR count). The fourth-order valence-corrected chi connectivity index (χ4v) is 3.36. The van der Waals surface area contributed by atoms with Crippen LogP contribution in [-0.4, -0.2) is 49.4 Å². The lowest BCUT2D eigenvalue weighted by Crippen LogP contribution is -3.15. The Morgan fingerprint density at radius 2 is 1.64 bits per heavy atom. The van der Waals surface area contributed by atoms with Crippen molar-refractivity contribution < 1.29 is 18.9 Å². The van der Waals surface area contributed by atoms with E-state index >= 15 is 0 Å². The van der Waals surface area contributed by atoms with E-state index in [0.717, 1.165) is 18.0 Å². The average molecular weight is 384 g/mol. The van der Waals surface area contributed by atoms with E-state index in [9.17, 15) is 14.0 Å². The van der Waals surface area contributed by atoms with Crippen LogP contribution in [0.4, 0.5) is 10.1 Å². The number of nitrogens with zero attached hydrogens (tertiary/aromatic N) is 1. The number of hydrogen-bond donors (Lipinski definition) is 2. The summed E-state index contributed by atoms with van der Waals surface area (Å²) in [6.07, 6.45) is 0. The third kappa shape index (κ3) is 5.16. The van der Waals surface area contributed by atoms with Gasteiger partial charge in [-0.2, -0.15) is 0 Å². The Labute approximate surface area is 165 Å². The molecule has 0 spiro atoms. The van der Waals surface area contributed by atoms with E-state index in [1.54, 1.807) is 12.1 Å². The van der Waals surface area contributed by atoms with Crippen LogP contribution in [0, 0.1) is 5.82 Å². The Morgan fingerprint density at radius 1 is 1.04 bits per heavy atom. The molecule has 1 heterocycles. The maximum atomic E-state index is 12.9. The molecule has 1 aliphatic rings. The monoisotopic (exact) mass is 384 g/mol. The molecule has 5 nitrogen and oxygen atoms in total. The molecule has 1 saturated heterocycles. The largest absolute Gasteiger partial charge is 0.327 e. The normalized spacial score (nSPS) is 14.9. The zero-order valence-electron chi connectivity index (χ0n) is 16.4. The van der Waals surface area contributed by atoms with Gasteiger partial charge in [-0.05, 0) is 47.9 Å². The number of anilines is 1. The summed E-state index contributed by atoms with van der Waals surface area (Å²) in [7, 11) is 0. The number of hydrogen-bond acceptors (Lipinski definition) is 2. The molecule has 28 heavy (non-hydrogen) atoms. The van der Waals surface area contributed by atoms with E-state index < -0.39 is 0 Å². The predicted molar refractivity (Wildman–Crippen MR) is 107 cm³/mol. The first-order valence-corrected chi connectivity index (χ1v) is 9.70. The standard InChI is InChI=1S/C22H26FN3O2/c1-16(2)17-3-5-18(6-4-17)22(28)26-13-11-25(12-14-26)15-21(27)24-20-9-7-19(23)8-10-20/h3-10,16H,11-15H2,1-2H3,(H,24,27)/p+1. The van der Waals surface area contributed by atoms with Crippen LogP contribution in [0.25, 0.3) is 0 Å². The second-order valence-corrected chi connectivity index (χ2v) is 7.55. The van der Waals surface area contributed by atoms with Crippen LogP contribution in [-0.2, 0) is 4.79 Å². The first-order chi connectivity index (χ1) is 13.4. The zero-order chi connectivity index (χ0) is 20.1. The highest BCUT2D eigenvalue weighted by atomic mass is 19.1. The SMILES string of the molecule is CC(C)c1ccc(C(=O)N2CC[NH+](CC(=O)Nc3ccc(F)cc3)CC2)cc1. The minimum absolute atomic E-state index is 0.0464. The number of nitrogens with one attached hydrogen (secondary N) is 2. The molecule has 2 amide bonds. The van der Waals surface area contributed by atoms with E-state index in [4.69, 9.17) is 0 Å². The van der Waals surface area contributed by atoms with Gasteiger partial charge in [0, 0.05) is 11.3 Å². The van der Waals surface area contributed by atoms with Gasteiger partial charge < -0.3 is 15.1 Å². The smallest absolute Gasteiger partial charge is 0.279 e. The molecule has 2 N–H and O–H groups in total. The zero-order valence-corrected chi connectivity index (χ0v) is 16.4. The minimum Gasteiger partial charge on any atom is -0.327 e. The van der Waals surface area contributed by atoms with Crippen LogP contribution in [0.2, 0.25) is 0 Å². The number of piperazine rings is 1. The Kier molecular flexibility index (Phi) is 6.41. The molecule has 0 aromatic heterocycles. The van der Waals surface area contributed by atoms with Crippen molar-refractivity contribution in [1.82, 2.24) is 4.90 Å². The van der Waals surface area contributed by atoms with E-state index in [2.05, 4.69) is 19.2 Å². The summed E-state index contributed by atoms with van der Waals surface area (Å²) >= 11 is 0. The number of benzene rings is 2. The molecular weight excluding hydrogens is 357 g/mol.